The summed E-state index contributed by atoms with van der Waals surface area (Å²) < 4.78 is 0. The lowest BCUT2D eigenvalue weighted by atomic mass is 10.1. The molecule has 1 saturated carbocycles. The lowest BCUT2D eigenvalue weighted by Crippen LogP contribution is -2.29. The van der Waals surface area contributed by atoms with Crippen LogP contribution in [0.1, 0.15) is 44.9 Å². The minimum absolute atomic E-state index is 0.202. The van der Waals surface area contributed by atoms with Gasteiger partial charge in [0.2, 0.25) is 5.91 Å². The third-order valence-electron chi connectivity index (χ3n) is 4.58. The molecule has 3 nitrogen and oxygen atoms in total. The van der Waals surface area contributed by atoms with E-state index in [2.05, 4.69) is 22.3 Å². The second-order valence-electron chi connectivity index (χ2n) is 6.07. The number of carbonyl (C=O) groups excluding carboxylic acids is 1. The average Bonchev–Trinajstić information content (AvgIpc) is 3.03. The molecule has 1 saturated heterocycles. The van der Waals surface area contributed by atoms with Gasteiger partial charge in [0.1, 0.15) is 0 Å². The van der Waals surface area contributed by atoms with Crippen LogP contribution in [0, 0.1) is 5.92 Å². The number of anilines is 2. The third-order valence-corrected chi connectivity index (χ3v) is 4.58. The van der Waals surface area contributed by atoms with E-state index < -0.39 is 0 Å². The summed E-state index contributed by atoms with van der Waals surface area (Å²) >= 11 is 0. The standard InChI is InChI=1S/C17H24N2O/c20-17(14-6-2-3-7-14)18-15-8-10-16(11-9-15)19-12-4-1-5-13-19/h8-11,14H,1-7,12-13H2,(H,18,20). The van der Waals surface area contributed by atoms with Crippen molar-refractivity contribution in [2.75, 3.05) is 23.3 Å². The lowest BCUT2D eigenvalue weighted by molar-refractivity contribution is -0.119. The summed E-state index contributed by atoms with van der Waals surface area (Å²) in [5, 5.41) is 3.06. The highest BCUT2D eigenvalue weighted by Crippen LogP contribution is 2.27. The topological polar surface area (TPSA) is 32.3 Å². The number of hydrogen-bond acceptors (Lipinski definition) is 2. The number of nitrogens with one attached hydrogen (secondary N) is 1. The van der Waals surface area contributed by atoms with E-state index in [0.29, 0.717) is 0 Å². The first kappa shape index (κ1) is 13.5. The van der Waals surface area contributed by atoms with Crippen LogP contribution in [0.15, 0.2) is 24.3 Å². The predicted molar refractivity (Wildman–Crippen MR) is 83.1 cm³/mol. The number of amides is 1. The summed E-state index contributed by atoms with van der Waals surface area (Å²) in [6.45, 7) is 2.32. The molecule has 2 fully saturated rings. The van der Waals surface area contributed by atoms with E-state index in [1.165, 1.54) is 37.8 Å². The molecule has 0 aromatic heterocycles. The predicted octanol–water partition coefficient (Wildman–Crippen LogP) is 3.81. The Balaban J connectivity index is 1.59. The Labute approximate surface area is 121 Å². The highest BCUT2D eigenvalue weighted by Gasteiger charge is 2.22. The van der Waals surface area contributed by atoms with Crippen LogP contribution in [0.25, 0.3) is 0 Å². The monoisotopic (exact) mass is 272 g/mol. The maximum atomic E-state index is 12.1. The van der Waals surface area contributed by atoms with E-state index in [1.807, 2.05) is 12.1 Å². The zero-order valence-electron chi connectivity index (χ0n) is 12.1. The third kappa shape index (κ3) is 3.14. The Hall–Kier alpha value is -1.51. The van der Waals surface area contributed by atoms with Crippen molar-refractivity contribution in [3.05, 3.63) is 24.3 Å². The quantitative estimate of drug-likeness (QED) is 0.907. The number of benzene rings is 1. The molecule has 1 N–H and O–H groups in total. The van der Waals surface area contributed by atoms with Crippen molar-refractivity contribution in [3.8, 4) is 0 Å². The molecule has 0 bridgehead atoms. The molecular formula is C17H24N2O. The van der Waals surface area contributed by atoms with Crippen molar-refractivity contribution >= 4 is 17.3 Å². The van der Waals surface area contributed by atoms with Gasteiger partial charge in [0.05, 0.1) is 0 Å². The fourth-order valence-electron chi connectivity index (χ4n) is 3.34. The van der Waals surface area contributed by atoms with Gasteiger partial charge in [-0.05, 0) is 56.4 Å². The minimum Gasteiger partial charge on any atom is -0.372 e. The average molecular weight is 272 g/mol. The number of carbonyl (C=O) groups is 1. The number of hydrogen-bond donors (Lipinski definition) is 1. The van der Waals surface area contributed by atoms with Crippen LogP contribution in [-0.4, -0.2) is 19.0 Å². The second-order valence-corrected chi connectivity index (χ2v) is 6.07. The maximum absolute atomic E-state index is 12.1. The van der Waals surface area contributed by atoms with Crippen molar-refractivity contribution < 1.29 is 4.79 Å². The Morgan fingerprint density at radius 2 is 1.60 bits per heavy atom. The van der Waals surface area contributed by atoms with Crippen LogP contribution in [0.3, 0.4) is 0 Å². The summed E-state index contributed by atoms with van der Waals surface area (Å²) in [5.74, 6) is 0.435. The van der Waals surface area contributed by atoms with Crippen LogP contribution < -0.4 is 10.2 Å². The number of rotatable bonds is 3. The van der Waals surface area contributed by atoms with Gasteiger partial charge in [-0.2, -0.15) is 0 Å². The van der Waals surface area contributed by atoms with E-state index in [9.17, 15) is 4.79 Å². The van der Waals surface area contributed by atoms with Crippen LogP contribution in [-0.2, 0) is 4.79 Å². The first-order valence-corrected chi connectivity index (χ1v) is 7.99. The van der Waals surface area contributed by atoms with E-state index >= 15 is 0 Å². The minimum atomic E-state index is 0.202. The summed E-state index contributed by atoms with van der Waals surface area (Å²) in [5.41, 5.74) is 2.21. The molecule has 0 spiro atoms. The molecule has 0 radical (unpaired) electrons. The van der Waals surface area contributed by atoms with Gasteiger partial charge in [-0.15, -0.1) is 0 Å². The molecule has 1 aromatic carbocycles. The van der Waals surface area contributed by atoms with Crippen molar-refractivity contribution in [2.24, 2.45) is 5.92 Å². The van der Waals surface area contributed by atoms with Crippen molar-refractivity contribution in [3.63, 3.8) is 0 Å². The van der Waals surface area contributed by atoms with Gasteiger partial charge >= 0.3 is 0 Å². The Kier molecular flexibility index (Phi) is 4.24. The summed E-state index contributed by atoms with van der Waals surface area (Å²) in [4.78, 5) is 14.5. The van der Waals surface area contributed by atoms with Crippen molar-refractivity contribution in [1.82, 2.24) is 0 Å². The molecule has 1 heterocycles. The van der Waals surface area contributed by atoms with E-state index in [-0.39, 0.29) is 11.8 Å². The number of nitrogens with zero attached hydrogens (tertiary/aromatic N) is 1. The van der Waals surface area contributed by atoms with Gasteiger partial charge < -0.3 is 10.2 Å². The summed E-state index contributed by atoms with van der Waals surface area (Å²) in [6, 6.07) is 8.35. The van der Waals surface area contributed by atoms with Gasteiger partial charge in [0, 0.05) is 30.4 Å². The summed E-state index contributed by atoms with van der Waals surface area (Å²) in [7, 11) is 0. The first-order chi connectivity index (χ1) is 9.83. The molecule has 3 heteroatoms. The van der Waals surface area contributed by atoms with E-state index in [1.54, 1.807) is 0 Å². The fraction of sp³-hybridized carbons (Fsp3) is 0.588. The molecular weight excluding hydrogens is 248 g/mol. The molecule has 20 heavy (non-hydrogen) atoms. The van der Waals surface area contributed by atoms with E-state index in [4.69, 9.17) is 0 Å². The highest BCUT2D eigenvalue weighted by atomic mass is 16.1. The Morgan fingerprint density at radius 3 is 2.25 bits per heavy atom. The SMILES string of the molecule is O=C(Nc1ccc(N2CCCCC2)cc1)C1CCCC1. The largest absolute Gasteiger partial charge is 0.372 e. The maximum Gasteiger partial charge on any atom is 0.227 e. The molecule has 1 aliphatic heterocycles. The van der Waals surface area contributed by atoms with Crippen LogP contribution in [0.4, 0.5) is 11.4 Å². The van der Waals surface area contributed by atoms with Gasteiger partial charge in [0.15, 0.2) is 0 Å². The molecule has 108 valence electrons. The van der Waals surface area contributed by atoms with Gasteiger partial charge in [0.25, 0.3) is 0 Å². The van der Waals surface area contributed by atoms with Gasteiger partial charge in [-0.1, -0.05) is 12.8 Å². The van der Waals surface area contributed by atoms with Crippen LogP contribution in [0.5, 0.6) is 0 Å². The smallest absolute Gasteiger partial charge is 0.227 e. The van der Waals surface area contributed by atoms with E-state index in [0.717, 1.165) is 31.6 Å². The van der Waals surface area contributed by atoms with Gasteiger partial charge in [-0.3, -0.25) is 4.79 Å². The zero-order valence-corrected chi connectivity index (χ0v) is 12.1. The lowest BCUT2D eigenvalue weighted by Gasteiger charge is -2.28. The Bertz CT molecular complexity index is 443. The normalized spacial score (nSPS) is 20.1. The van der Waals surface area contributed by atoms with Crippen molar-refractivity contribution in [1.29, 1.82) is 0 Å². The molecule has 1 aliphatic carbocycles. The van der Waals surface area contributed by atoms with Gasteiger partial charge in [-0.25, -0.2) is 0 Å². The second kappa shape index (κ2) is 6.29. The highest BCUT2D eigenvalue weighted by molar-refractivity contribution is 5.92. The molecule has 1 amide bonds. The zero-order chi connectivity index (χ0) is 13.8. The molecule has 0 atom stereocenters. The summed E-state index contributed by atoms with van der Waals surface area (Å²) in [6.07, 6.45) is 8.44. The van der Waals surface area contributed by atoms with Crippen LogP contribution >= 0.6 is 0 Å². The van der Waals surface area contributed by atoms with Crippen molar-refractivity contribution in [2.45, 2.75) is 44.9 Å². The Morgan fingerprint density at radius 1 is 0.950 bits per heavy atom. The molecule has 1 aromatic rings. The first-order valence-electron chi connectivity index (χ1n) is 7.99. The fourth-order valence-corrected chi connectivity index (χ4v) is 3.34. The molecule has 3 rings (SSSR count). The molecule has 0 unspecified atom stereocenters. The molecule has 2 aliphatic rings. The van der Waals surface area contributed by atoms with Crippen LogP contribution in [0.2, 0.25) is 0 Å². The number of piperidine rings is 1.